The molecule has 1 N–H and O–H groups in total. The molecule has 0 saturated carbocycles. The number of hydrogen-bond acceptors (Lipinski definition) is 6. The zero-order valence-corrected chi connectivity index (χ0v) is 28.8. The molecule has 1 aromatic heterocycles. The van der Waals surface area contributed by atoms with Crippen LogP contribution in [0.25, 0.3) is 23.1 Å². The molecule has 5 rings (SSSR count). The summed E-state index contributed by atoms with van der Waals surface area (Å²) < 4.78 is 28.8. The number of carbonyl (C=O) groups excluding carboxylic acids is 1. The zero-order valence-electron chi connectivity index (χ0n) is 23.6. The maximum absolute atomic E-state index is 13.0. The van der Waals surface area contributed by atoms with Crippen LogP contribution in [0, 0.1) is 0 Å². The number of thioether (sulfide) groups is 1. The molecule has 0 bridgehead atoms. The maximum atomic E-state index is 13.0. The summed E-state index contributed by atoms with van der Waals surface area (Å²) in [6, 6.07) is 29.9. The Kier molecular flexibility index (Phi) is 12.1. The van der Waals surface area contributed by atoms with Gasteiger partial charge in [0.25, 0.3) is 0 Å². The van der Waals surface area contributed by atoms with Crippen LogP contribution in [-0.4, -0.2) is 25.9 Å². The molecule has 1 heterocycles. The minimum absolute atomic E-state index is 0. The van der Waals surface area contributed by atoms with Gasteiger partial charge in [0.2, 0.25) is 10.0 Å². The number of carbonyl (C=O) groups is 1. The fraction of sp³-hybridized carbons (Fsp3) is 0.0909. The van der Waals surface area contributed by atoms with Crippen molar-refractivity contribution in [2.24, 2.45) is 0 Å². The summed E-state index contributed by atoms with van der Waals surface area (Å²) in [7, 11) is -3.78. The Balaban J connectivity index is 0.00000442. The van der Waals surface area contributed by atoms with E-state index in [4.69, 9.17) is 23.2 Å². The van der Waals surface area contributed by atoms with Gasteiger partial charge in [0, 0.05) is 33.0 Å². The van der Waals surface area contributed by atoms with Crippen LogP contribution in [0.1, 0.15) is 38.0 Å². The van der Waals surface area contributed by atoms with Gasteiger partial charge in [0.1, 0.15) is 0 Å². The molecule has 0 amide bonds. The zero-order chi connectivity index (χ0) is 30.4. The first kappa shape index (κ1) is 34.2. The third-order valence-electron chi connectivity index (χ3n) is 6.63. The van der Waals surface area contributed by atoms with Crippen molar-refractivity contribution in [3.63, 3.8) is 0 Å². The number of aromatic nitrogens is 1. The van der Waals surface area contributed by atoms with E-state index in [9.17, 15) is 18.3 Å². The number of halogens is 2. The standard InChI is InChI=1S/C33H26Cl2N2O4S2.Na/c34-27-12-16-30(17-13-27)43(40,41)36-20-32(42-21-23-4-7-25(8-5-23)33(38)39)26-3-1-2-22(18-26)6-14-29-15-10-24-9-11-28(35)19-31(24)37-29;/h1-19,32,36H,20-21H2,(H,38,39);/q;+1/p-1/b14-6+;. The molecule has 218 valence electrons. The van der Waals surface area contributed by atoms with E-state index in [1.807, 2.05) is 66.7 Å². The molecule has 6 nitrogen and oxygen atoms in total. The molecule has 0 aliphatic heterocycles. The van der Waals surface area contributed by atoms with Crippen LogP contribution in [0.2, 0.25) is 10.0 Å². The average molecular weight is 672 g/mol. The molecule has 1 unspecified atom stereocenters. The van der Waals surface area contributed by atoms with Crippen LogP contribution >= 0.6 is 35.0 Å². The van der Waals surface area contributed by atoms with Crippen molar-refractivity contribution in [2.75, 3.05) is 6.54 Å². The fourth-order valence-electron chi connectivity index (χ4n) is 4.33. The topological polar surface area (TPSA) is 99.2 Å². The van der Waals surface area contributed by atoms with E-state index in [-0.39, 0.29) is 51.8 Å². The van der Waals surface area contributed by atoms with Gasteiger partial charge in [-0.15, -0.1) is 11.8 Å². The van der Waals surface area contributed by atoms with Crippen molar-refractivity contribution in [1.29, 1.82) is 0 Å². The molecule has 4 aromatic carbocycles. The second kappa shape index (κ2) is 15.6. The van der Waals surface area contributed by atoms with Gasteiger partial charge in [0.05, 0.1) is 22.1 Å². The van der Waals surface area contributed by atoms with Crippen molar-refractivity contribution in [1.82, 2.24) is 9.71 Å². The summed E-state index contributed by atoms with van der Waals surface area (Å²) in [6.07, 6.45) is 3.88. The van der Waals surface area contributed by atoms with Crippen molar-refractivity contribution >= 4 is 74.0 Å². The van der Waals surface area contributed by atoms with E-state index in [1.54, 1.807) is 23.9 Å². The molecule has 5 aromatic rings. The van der Waals surface area contributed by atoms with E-state index < -0.39 is 16.0 Å². The van der Waals surface area contributed by atoms with Crippen LogP contribution in [0.3, 0.4) is 0 Å². The molecule has 0 fully saturated rings. The number of carboxylic acid groups (broad SMARTS) is 1. The minimum atomic E-state index is -3.78. The predicted molar refractivity (Wildman–Crippen MR) is 174 cm³/mol. The summed E-state index contributed by atoms with van der Waals surface area (Å²) in [6.45, 7) is 0.132. The fourth-order valence-corrected chi connectivity index (χ4v) is 6.90. The summed E-state index contributed by atoms with van der Waals surface area (Å²) >= 11 is 13.6. The Morgan fingerprint density at radius 3 is 2.32 bits per heavy atom. The molecule has 44 heavy (non-hydrogen) atoms. The van der Waals surface area contributed by atoms with Crippen LogP contribution in [0.4, 0.5) is 0 Å². The Morgan fingerprint density at radius 2 is 1.59 bits per heavy atom. The van der Waals surface area contributed by atoms with Gasteiger partial charge in [-0.25, -0.2) is 18.1 Å². The monoisotopic (exact) mass is 670 g/mol. The molecule has 0 aliphatic rings. The third-order valence-corrected chi connectivity index (χ3v) is 9.90. The normalized spacial score (nSPS) is 12.2. The van der Waals surface area contributed by atoms with Crippen LogP contribution in [0.15, 0.2) is 108 Å². The van der Waals surface area contributed by atoms with Gasteiger partial charge >= 0.3 is 29.6 Å². The van der Waals surface area contributed by atoms with Crippen molar-refractivity contribution in [2.45, 2.75) is 15.9 Å². The van der Waals surface area contributed by atoms with Gasteiger partial charge < -0.3 is 9.90 Å². The molecular formula is C33H25Cl2N2NaO4S2. The van der Waals surface area contributed by atoms with E-state index in [0.29, 0.717) is 15.8 Å². The summed E-state index contributed by atoms with van der Waals surface area (Å²) in [4.78, 5) is 15.9. The summed E-state index contributed by atoms with van der Waals surface area (Å²) in [5.74, 6) is -0.703. The number of nitrogens with zero attached hydrogens (tertiary/aromatic N) is 1. The Morgan fingerprint density at radius 1 is 0.886 bits per heavy atom. The van der Waals surface area contributed by atoms with E-state index in [0.717, 1.165) is 33.3 Å². The van der Waals surface area contributed by atoms with Gasteiger partial charge in [-0.2, -0.15) is 0 Å². The molecule has 1 atom stereocenters. The van der Waals surface area contributed by atoms with Crippen LogP contribution < -0.4 is 39.4 Å². The van der Waals surface area contributed by atoms with E-state index in [2.05, 4.69) is 9.71 Å². The minimum Gasteiger partial charge on any atom is -0.545 e. The number of aromatic carboxylic acids is 1. The molecular weight excluding hydrogens is 646 g/mol. The second-order valence-electron chi connectivity index (χ2n) is 9.67. The van der Waals surface area contributed by atoms with E-state index >= 15 is 0 Å². The molecule has 11 heteroatoms. The first-order valence-electron chi connectivity index (χ1n) is 13.2. The summed E-state index contributed by atoms with van der Waals surface area (Å²) in [5.41, 5.74) is 4.44. The number of hydrogen-bond donors (Lipinski definition) is 1. The number of benzene rings is 4. The molecule has 0 saturated heterocycles. The first-order chi connectivity index (χ1) is 20.7. The van der Waals surface area contributed by atoms with Gasteiger partial charge in [0.15, 0.2) is 0 Å². The predicted octanol–water partition coefficient (Wildman–Crippen LogP) is 4.03. The number of rotatable bonds is 11. The van der Waals surface area contributed by atoms with Crippen LogP contribution in [0.5, 0.6) is 0 Å². The van der Waals surface area contributed by atoms with Gasteiger partial charge in [-0.1, -0.05) is 89.9 Å². The SMILES string of the molecule is O=C([O-])c1ccc(CSC(CNS(=O)(=O)c2ccc(Cl)cc2)c2cccc(/C=C/c3ccc4ccc(Cl)cc4n3)c2)cc1.[Na+]. The Bertz CT molecular complexity index is 1900. The first-order valence-corrected chi connectivity index (χ1v) is 16.5. The number of fused-ring (bicyclic) bond motifs is 1. The van der Waals surface area contributed by atoms with Crippen molar-refractivity contribution in [3.05, 3.63) is 141 Å². The Hall–Kier alpha value is -2.66. The second-order valence-corrected chi connectivity index (χ2v) is 13.5. The smallest absolute Gasteiger partial charge is 0.545 e. The quantitative estimate of drug-likeness (QED) is 0.213. The Labute approximate surface area is 292 Å². The van der Waals surface area contributed by atoms with Crippen molar-refractivity contribution in [3.8, 4) is 0 Å². The van der Waals surface area contributed by atoms with Crippen molar-refractivity contribution < 1.29 is 47.9 Å². The number of sulfonamides is 1. The number of carboxylic acids is 1. The maximum Gasteiger partial charge on any atom is 1.00 e. The number of nitrogens with one attached hydrogen (secondary N) is 1. The molecule has 0 radical (unpaired) electrons. The molecule has 0 aliphatic carbocycles. The average Bonchev–Trinajstić information content (AvgIpc) is 3.00. The largest absolute Gasteiger partial charge is 1.00 e. The number of pyridine rings is 1. The summed E-state index contributed by atoms with van der Waals surface area (Å²) in [5, 5.41) is 12.9. The van der Waals surface area contributed by atoms with E-state index in [1.165, 1.54) is 36.4 Å². The molecule has 0 spiro atoms. The van der Waals surface area contributed by atoms with Gasteiger partial charge in [-0.3, -0.25) is 0 Å². The third kappa shape index (κ3) is 9.19. The van der Waals surface area contributed by atoms with Crippen LogP contribution in [-0.2, 0) is 15.8 Å². The van der Waals surface area contributed by atoms with Gasteiger partial charge in [-0.05, 0) is 70.8 Å².